The maximum Gasteiger partial charge on any atom is 0.0574 e. The zero-order valence-electron chi connectivity index (χ0n) is 7.63. The van der Waals surface area contributed by atoms with Crippen LogP contribution in [0.2, 0.25) is 0 Å². The highest BCUT2D eigenvalue weighted by molar-refractivity contribution is 4.98. The normalized spacial score (nSPS) is 39.5. The Morgan fingerprint density at radius 1 is 1.25 bits per heavy atom. The van der Waals surface area contributed by atoms with Crippen molar-refractivity contribution in [3.63, 3.8) is 0 Å². The molecule has 2 rings (SSSR count). The summed E-state index contributed by atoms with van der Waals surface area (Å²) in [4.78, 5) is 0. The number of hydrogen-bond donors (Lipinski definition) is 2. The first-order chi connectivity index (χ1) is 5.78. The monoisotopic (exact) mass is 169 g/mol. The van der Waals surface area contributed by atoms with Crippen molar-refractivity contribution in [2.24, 2.45) is 17.1 Å². The van der Waals surface area contributed by atoms with Gasteiger partial charge in [0.2, 0.25) is 0 Å². The molecule has 0 spiro atoms. The van der Waals surface area contributed by atoms with E-state index in [1.807, 2.05) is 0 Å². The summed E-state index contributed by atoms with van der Waals surface area (Å²) in [7, 11) is 0. The van der Waals surface area contributed by atoms with Crippen molar-refractivity contribution >= 4 is 0 Å². The van der Waals surface area contributed by atoms with Crippen LogP contribution >= 0.6 is 0 Å². The molecule has 2 unspecified atom stereocenters. The van der Waals surface area contributed by atoms with E-state index < -0.39 is 0 Å². The minimum absolute atomic E-state index is 0.0474. The average molecular weight is 169 g/mol. The maximum absolute atomic E-state index is 9.77. The highest BCUT2D eigenvalue weighted by Gasteiger charge is 2.47. The number of aliphatic hydroxyl groups excluding tert-OH is 1. The fraction of sp³-hybridized carbons (Fsp3) is 1.00. The molecule has 2 atom stereocenters. The molecule has 2 aliphatic carbocycles. The summed E-state index contributed by atoms with van der Waals surface area (Å²) in [6.07, 6.45) is 7.20. The van der Waals surface area contributed by atoms with Gasteiger partial charge in [0.25, 0.3) is 0 Å². The van der Waals surface area contributed by atoms with Gasteiger partial charge < -0.3 is 10.8 Å². The number of rotatable bonds is 2. The van der Waals surface area contributed by atoms with Gasteiger partial charge in [-0.15, -0.1) is 0 Å². The number of hydrogen-bond acceptors (Lipinski definition) is 2. The standard InChI is InChI=1S/C10H19NO/c11-7-10(5-2-6-10)8-3-1-4-9(8)12/h8-9,12H,1-7,11H2. The molecule has 2 saturated carbocycles. The molecule has 2 fully saturated rings. The molecule has 3 N–H and O–H groups in total. The molecule has 2 nitrogen and oxygen atoms in total. The van der Waals surface area contributed by atoms with Crippen LogP contribution in [0.15, 0.2) is 0 Å². The molecule has 0 saturated heterocycles. The minimum atomic E-state index is -0.0474. The van der Waals surface area contributed by atoms with Gasteiger partial charge in [-0.25, -0.2) is 0 Å². The van der Waals surface area contributed by atoms with Crippen LogP contribution in [0.25, 0.3) is 0 Å². The molecule has 12 heavy (non-hydrogen) atoms. The molecule has 0 aromatic rings. The Bertz CT molecular complexity index is 160. The molecule has 0 radical (unpaired) electrons. The minimum Gasteiger partial charge on any atom is -0.393 e. The lowest BCUT2D eigenvalue weighted by atomic mass is 9.60. The molecular formula is C10H19NO. The van der Waals surface area contributed by atoms with E-state index in [0.29, 0.717) is 11.3 Å². The highest BCUT2D eigenvalue weighted by Crippen LogP contribution is 2.52. The lowest BCUT2D eigenvalue weighted by molar-refractivity contribution is -0.0103. The van der Waals surface area contributed by atoms with Crippen molar-refractivity contribution in [2.75, 3.05) is 6.54 Å². The number of nitrogens with two attached hydrogens (primary N) is 1. The van der Waals surface area contributed by atoms with E-state index in [9.17, 15) is 5.11 Å². The largest absolute Gasteiger partial charge is 0.393 e. The van der Waals surface area contributed by atoms with Crippen LogP contribution in [0.4, 0.5) is 0 Å². The van der Waals surface area contributed by atoms with Crippen LogP contribution in [0.5, 0.6) is 0 Å². The Balaban J connectivity index is 2.05. The van der Waals surface area contributed by atoms with Gasteiger partial charge in [-0.3, -0.25) is 0 Å². The van der Waals surface area contributed by atoms with Gasteiger partial charge in [0.05, 0.1) is 6.10 Å². The Labute approximate surface area is 74.1 Å². The Kier molecular flexibility index (Phi) is 2.13. The molecule has 0 heterocycles. The van der Waals surface area contributed by atoms with Crippen LogP contribution in [-0.2, 0) is 0 Å². The summed E-state index contributed by atoms with van der Waals surface area (Å²) >= 11 is 0. The van der Waals surface area contributed by atoms with Crippen molar-refractivity contribution in [3.05, 3.63) is 0 Å². The van der Waals surface area contributed by atoms with Gasteiger partial charge in [-0.05, 0) is 43.6 Å². The topological polar surface area (TPSA) is 46.2 Å². The Hall–Kier alpha value is -0.0800. The van der Waals surface area contributed by atoms with Gasteiger partial charge in [0, 0.05) is 0 Å². The van der Waals surface area contributed by atoms with Gasteiger partial charge in [-0.2, -0.15) is 0 Å². The molecular weight excluding hydrogens is 150 g/mol. The molecule has 2 heteroatoms. The predicted octanol–water partition coefficient (Wildman–Crippen LogP) is 1.28. The van der Waals surface area contributed by atoms with Crippen molar-refractivity contribution in [1.29, 1.82) is 0 Å². The first-order valence-corrected chi connectivity index (χ1v) is 5.17. The van der Waals surface area contributed by atoms with Crippen LogP contribution in [0.3, 0.4) is 0 Å². The third kappa shape index (κ3) is 1.09. The predicted molar refractivity (Wildman–Crippen MR) is 48.7 cm³/mol. The third-order valence-electron chi connectivity index (χ3n) is 4.02. The van der Waals surface area contributed by atoms with Crippen molar-refractivity contribution in [2.45, 2.75) is 44.6 Å². The quantitative estimate of drug-likeness (QED) is 0.654. The molecule has 0 aromatic heterocycles. The molecule has 2 aliphatic rings. The first-order valence-electron chi connectivity index (χ1n) is 5.17. The SMILES string of the molecule is NCC1(C2CCCC2O)CCC1. The second kappa shape index (κ2) is 3.00. The molecule has 0 aromatic carbocycles. The Morgan fingerprint density at radius 2 is 2.00 bits per heavy atom. The van der Waals surface area contributed by atoms with Gasteiger partial charge in [0.1, 0.15) is 0 Å². The van der Waals surface area contributed by atoms with E-state index in [1.54, 1.807) is 0 Å². The summed E-state index contributed by atoms with van der Waals surface area (Å²) in [5.74, 6) is 0.524. The van der Waals surface area contributed by atoms with Crippen molar-refractivity contribution < 1.29 is 5.11 Å². The number of aliphatic hydroxyl groups is 1. The summed E-state index contributed by atoms with van der Waals surface area (Å²) in [6.45, 7) is 0.786. The first kappa shape index (κ1) is 8.52. The lowest BCUT2D eigenvalue weighted by Crippen LogP contribution is -2.46. The van der Waals surface area contributed by atoms with E-state index in [1.165, 1.54) is 32.1 Å². The zero-order chi connectivity index (χ0) is 8.60. The smallest absolute Gasteiger partial charge is 0.0574 e. The van der Waals surface area contributed by atoms with Crippen molar-refractivity contribution in [1.82, 2.24) is 0 Å². The molecule has 70 valence electrons. The third-order valence-corrected chi connectivity index (χ3v) is 4.02. The van der Waals surface area contributed by atoms with E-state index >= 15 is 0 Å². The highest BCUT2D eigenvalue weighted by atomic mass is 16.3. The molecule has 0 amide bonds. The fourth-order valence-corrected chi connectivity index (χ4v) is 3.01. The summed E-state index contributed by atoms with van der Waals surface area (Å²) in [5, 5.41) is 9.77. The van der Waals surface area contributed by atoms with Gasteiger partial charge in [0.15, 0.2) is 0 Å². The van der Waals surface area contributed by atoms with Crippen LogP contribution in [0, 0.1) is 11.3 Å². The van der Waals surface area contributed by atoms with Crippen LogP contribution in [-0.4, -0.2) is 17.8 Å². The van der Waals surface area contributed by atoms with Crippen LogP contribution in [0.1, 0.15) is 38.5 Å². The maximum atomic E-state index is 9.77. The van der Waals surface area contributed by atoms with E-state index in [-0.39, 0.29) is 6.10 Å². The lowest BCUT2D eigenvalue weighted by Gasteiger charge is -2.47. The van der Waals surface area contributed by atoms with Gasteiger partial charge in [-0.1, -0.05) is 12.8 Å². The zero-order valence-corrected chi connectivity index (χ0v) is 7.63. The van der Waals surface area contributed by atoms with Crippen LogP contribution < -0.4 is 5.73 Å². The van der Waals surface area contributed by atoms with E-state index in [2.05, 4.69) is 0 Å². The second-order valence-corrected chi connectivity index (χ2v) is 4.52. The Morgan fingerprint density at radius 3 is 2.33 bits per heavy atom. The van der Waals surface area contributed by atoms with Gasteiger partial charge >= 0.3 is 0 Å². The molecule has 0 bridgehead atoms. The molecule has 0 aliphatic heterocycles. The average Bonchev–Trinajstić information content (AvgIpc) is 2.36. The summed E-state index contributed by atoms with van der Waals surface area (Å²) in [6, 6.07) is 0. The summed E-state index contributed by atoms with van der Waals surface area (Å²) < 4.78 is 0. The van der Waals surface area contributed by atoms with E-state index in [0.717, 1.165) is 13.0 Å². The van der Waals surface area contributed by atoms with Crippen molar-refractivity contribution in [3.8, 4) is 0 Å². The van der Waals surface area contributed by atoms with E-state index in [4.69, 9.17) is 5.73 Å². The second-order valence-electron chi connectivity index (χ2n) is 4.52. The fourth-order valence-electron chi connectivity index (χ4n) is 3.01. The summed E-state index contributed by atoms with van der Waals surface area (Å²) in [5.41, 5.74) is 6.14.